The van der Waals surface area contributed by atoms with Crippen LogP contribution in [-0.4, -0.2) is 15.0 Å². The van der Waals surface area contributed by atoms with Crippen molar-refractivity contribution in [1.29, 1.82) is 0 Å². The molecule has 0 aromatic heterocycles. The zero-order valence-corrected chi connectivity index (χ0v) is 8.31. The van der Waals surface area contributed by atoms with E-state index in [1.54, 1.807) is 13.8 Å². The molecule has 0 heterocycles. The zero-order valence-electron chi connectivity index (χ0n) is 9.49. The standard InChI is InChI=1S/C9H12O3S/c1-3-12-13(10,11)9-6-4-8(2)5-7-9/h4-7H,3H2,1-2H3/i4D,6D. The Hall–Kier alpha value is -0.870. The summed E-state index contributed by atoms with van der Waals surface area (Å²) >= 11 is 0. The first-order chi connectivity index (χ1) is 6.90. The number of rotatable bonds is 3. The van der Waals surface area contributed by atoms with Gasteiger partial charge in [0, 0.05) is 0 Å². The number of hydrogen-bond acceptors (Lipinski definition) is 3. The maximum atomic E-state index is 11.5. The molecule has 0 saturated heterocycles. The number of aryl methyl sites for hydroxylation is 1. The minimum atomic E-state index is -3.89. The van der Waals surface area contributed by atoms with Crippen molar-refractivity contribution in [1.82, 2.24) is 0 Å². The molecular formula is C9H12O3S. The summed E-state index contributed by atoms with van der Waals surface area (Å²) < 4.78 is 42.6. The summed E-state index contributed by atoms with van der Waals surface area (Å²) in [5.74, 6) is 0. The second-order valence-electron chi connectivity index (χ2n) is 2.49. The van der Waals surface area contributed by atoms with Gasteiger partial charge in [-0.1, -0.05) is 17.7 Å². The van der Waals surface area contributed by atoms with E-state index in [9.17, 15) is 8.42 Å². The lowest BCUT2D eigenvalue weighted by Gasteiger charge is -2.02. The Kier molecular flexibility index (Phi) is 2.25. The third-order valence-electron chi connectivity index (χ3n) is 1.41. The third kappa shape index (κ3) is 2.54. The van der Waals surface area contributed by atoms with Gasteiger partial charge in [0.2, 0.25) is 0 Å². The van der Waals surface area contributed by atoms with Crippen LogP contribution in [0.4, 0.5) is 0 Å². The highest BCUT2D eigenvalue weighted by Gasteiger charge is 2.12. The molecule has 1 aromatic rings. The van der Waals surface area contributed by atoms with Crippen molar-refractivity contribution < 1.29 is 15.3 Å². The first kappa shape index (κ1) is 7.53. The molecule has 0 bridgehead atoms. The van der Waals surface area contributed by atoms with Crippen molar-refractivity contribution >= 4 is 10.1 Å². The minimum Gasteiger partial charge on any atom is -0.267 e. The van der Waals surface area contributed by atoms with Crippen LogP contribution in [0.25, 0.3) is 0 Å². The van der Waals surface area contributed by atoms with Gasteiger partial charge in [-0.3, -0.25) is 4.18 Å². The monoisotopic (exact) mass is 202 g/mol. The second-order valence-corrected chi connectivity index (χ2v) is 4.08. The molecule has 0 radical (unpaired) electrons. The highest BCUT2D eigenvalue weighted by atomic mass is 32.2. The van der Waals surface area contributed by atoms with E-state index in [2.05, 4.69) is 4.18 Å². The van der Waals surface area contributed by atoms with Crippen molar-refractivity contribution in [3.8, 4) is 0 Å². The molecule has 0 atom stereocenters. The summed E-state index contributed by atoms with van der Waals surface area (Å²) in [6.45, 7) is 3.22. The van der Waals surface area contributed by atoms with Crippen LogP contribution in [-0.2, 0) is 14.3 Å². The molecule has 13 heavy (non-hydrogen) atoms. The smallest absolute Gasteiger partial charge is 0.267 e. The Bertz CT molecular complexity index is 468. The van der Waals surface area contributed by atoms with Gasteiger partial charge < -0.3 is 0 Å². The van der Waals surface area contributed by atoms with Crippen molar-refractivity contribution in [2.24, 2.45) is 0 Å². The Balaban J connectivity index is 3.34. The lowest BCUT2D eigenvalue weighted by Crippen LogP contribution is -2.05. The molecular weight excluding hydrogens is 188 g/mol. The Morgan fingerprint density at radius 2 is 2.15 bits per heavy atom. The van der Waals surface area contributed by atoms with Gasteiger partial charge in [0.05, 0.1) is 14.2 Å². The van der Waals surface area contributed by atoms with Crippen molar-refractivity contribution in [2.45, 2.75) is 18.7 Å². The molecule has 1 aromatic carbocycles. The van der Waals surface area contributed by atoms with Gasteiger partial charge in [0.15, 0.2) is 0 Å². The predicted octanol–water partition coefficient (Wildman–Crippen LogP) is 1.72. The van der Waals surface area contributed by atoms with Gasteiger partial charge in [-0.2, -0.15) is 8.42 Å². The van der Waals surface area contributed by atoms with Crippen LogP contribution in [0.2, 0.25) is 0 Å². The highest BCUT2D eigenvalue weighted by Crippen LogP contribution is 2.12. The Morgan fingerprint density at radius 3 is 2.77 bits per heavy atom. The average Bonchev–Trinajstić information content (AvgIpc) is 2.13. The molecule has 0 unspecified atom stereocenters. The molecule has 0 amide bonds. The minimum absolute atomic E-state index is 0.0168. The van der Waals surface area contributed by atoms with E-state index in [-0.39, 0.29) is 23.6 Å². The summed E-state index contributed by atoms with van der Waals surface area (Å²) in [4.78, 5) is -0.250. The lowest BCUT2D eigenvalue weighted by molar-refractivity contribution is 0.338. The number of hydrogen-bond donors (Lipinski definition) is 0. The average molecular weight is 202 g/mol. The molecule has 0 spiro atoms. The highest BCUT2D eigenvalue weighted by molar-refractivity contribution is 7.86. The van der Waals surface area contributed by atoms with Gasteiger partial charge >= 0.3 is 0 Å². The number of benzene rings is 1. The van der Waals surface area contributed by atoms with Crippen LogP contribution in [0, 0.1) is 6.92 Å². The molecule has 72 valence electrons. The molecule has 0 aliphatic rings. The maximum absolute atomic E-state index is 11.5. The van der Waals surface area contributed by atoms with Gasteiger partial charge in [-0.25, -0.2) is 0 Å². The van der Waals surface area contributed by atoms with E-state index >= 15 is 0 Å². The zero-order chi connectivity index (χ0) is 11.6. The fourth-order valence-corrected chi connectivity index (χ4v) is 1.66. The van der Waals surface area contributed by atoms with E-state index in [0.717, 1.165) is 0 Å². The van der Waals surface area contributed by atoms with Crippen LogP contribution in [0.3, 0.4) is 0 Å². The van der Waals surface area contributed by atoms with Crippen molar-refractivity contribution in [3.63, 3.8) is 0 Å². The SMILES string of the molecule is [2H]c1c(C)ccc(S(=O)(=O)OCC)c1[2H]. The van der Waals surface area contributed by atoms with E-state index in [4.69, 9.17) is 2.74 Å². The first-order valence-electron chi connectivity index (χ1n) is 4.86. The van der Waals surface area contributed by atoms with Gasteiger partial charge in [0.1, 0.15) is 0 Å². The van der Waals surface area contributed by atoms with Crippen LogP contribution in [0.5, 0.6) is 0 Å². The fraction of sp³-hybridized carbons (Fsp3) is 0.333. The van der Waals surface area contributed by atoms with E-state index < -0.39 is 10.1 Å². The lowest BCUT2D eigenvalue weighted by atomic mass is 10.2. The van der Waals surface area contributed by atoms with Gasteiger partial charge in [-0.15, -0.1) is 0 Å². The van der Waals surface area contributed by atoms with E-state index in [1.165, 1.54) is 12.1 Å². The second kappa shape index (κ2) is 3.89. The third-order valence-corrected chi connectivity index (χ3v) is 2.73. The normalized spacial score (nSPS) is 13.7. The molecule has 0 N–H and O–H groups in total. The van der Waals surface area contributed by atoms with Crippen molar-refractivity contribution in [3.05, 3.63) is 29.8 Å². The summed E-state index contributed by atoms with van der Waals surface area (Å²) in [5, 5.41) is 0. The Labute approximate surface area is 81.3 Å². The summed E-state index contributed by atoms with van der Waals surface area (Å²) in [7, 11) is -3.89. The topological polar surface area (TPSA) is 43.4 Å². The van der Waals surface area contributed by atoms with Gasteiger partial charge in [-0.05, 0) is 26.0 Å². The molecule has 0 aliphatic carbocycles. The molecule has 3 nitrogen and oxygen atoms in total. The maximum Gasteiger partial charge on any atom is 0.296 e. The van der Waals surface area contributed by atoms with Gasteiger partial charge in [0.25, 0.3) is 10.1 Å². The molecule has 4 heteroatoms. The summed E-state index contributed by atoms with van der Waals surface area (Å²) in [5.41, 5.74) is 0.565. The van der Waals surface area contributed by atoms with Crippen molar-refractivity contribution in [2.75, 3.05) is 6.61 Å². The van der Waals surface area contributed by atoms with Crippen LogP contribution < -0.4 is 0 Å². The molecule has 0 aliphatic heterocycles. The summed E-state index contributed by atoms with van der Waals surface area (Å²) in [6.07, 6.45) is 0. The first-order valence-corrected chi connectivity index (χ1v) is 5.27. The van der Waals surface area contributed by atoms with E-state index in [0.29, 0.717) is 5.56 Å². The molecule has 1 rings (SSSR count). The van der Waals surface area contributed by atoms with Crippen LogP contribution in [0.15, 0.2) is 29.1 Å². The predicted molar refractivity (Wildman–Crippen MR) is 50.0 cm³/mol. The van der Waals surface area contributed by atoms with E-state index in [1.807, 2.05) is 0 Å². The summed E-state index contributed by atoms with van der Waals surface area (Å²) in [6, 6.07) is 2.38. The Morgan fingerprint density at radius 1 is 1.46 bits per heavy atom. The quantitative estimate of drug-likeness (QED) is 0.701. The largest absolute Gasteiger partial charge is 0.296 e. The van der Waals surface area contributed by atoms with Crippen LogP contribution in [0.1, 0.15) is 15.2 Å². The molecule has 0 fully saturated rings. The molecule has 0 saturated carbocycles. The fourth-order valence-electron chi connectivity index (χ4n) is 0.809. The van der Waals surface area contributed by atoms with Crippen LogP contribution >= 0.6 is 0 Å².